The summed E-state index contributed by atoms with van der Waals surface area (Å²) in [4.78, 5) is 27.7. The topological polar surface area (TPSA) is 80.4 Å². The van der Waals surface area contributed by atoms with Crippen molar-refractivity contribution in [2.45, 2.75) is 42.9 Å². The van der Waals surface area contributed by atoms with Crippen LogP contribution >= 0.6 is 39.0 Å². The van der Waals surface area contributed by atoms with Gasteiger partial charge in [-0.25, -0.2) is 15.0 Å². The second kappa shape index (κ2) is 10.2. The molecule has 5 rings (SSSR count). The Bertz CT molecular complexity index is 1350. The number of hydrogen-bond donors (Lipinski definition) is 1. The van der Waals surface area contributed by atoms with Crippen LogP contribution < -0.4 is 5.32 Å². The van der Waals surface area contributed by atoms with Crippen molar-refractivity contribution in [1.29, 1.82) is 0 Å². The van der Waals surface area contributed by atoms with E-state index in [2.05, 4.69) is 31.2 Å². The number of thiophene rings is 1. The molecular formula is C25H21BrN4O2S2. The fourth-order valence-corrected chi connectivity index (χ4v) is 6.22. The summed E-state index contributed by atoms with van der Waals surface area (Å²) in [5, 5.41) is 5.01. The Labute approximate surface area is 214 Å². The number of halogens is 1. The minimum absolute atomic E-state index is 0.117. The van der Waals surface area contributed by atoms with Gasteiger partial charge in [0, 0.05) is 29.0 Å². The fourth-order valence-electron chi connectivity index (χ4n) is 3.75. The highest BCUT2D eigenvalue weighted by atomic mass is 79.9. The van der Waals surface area contributed by atoms with Gasteiger partial charge in [0.25, 0.3) is 5.91 Å². The molecule has 3 heterocycles. The van der Waals surface area contributed by atoms with Crippen LogP contribution in [-0.2, 0) is 12.8 Å². The SMILES string of the molecule is Cc1ccc(NC(=O)c2c(N=Cc3cc(Br)c(Sc4ncccn4)o3)sc3c2CCCC3)cc1. The van der Waals surface area contributed by atoms with Crippen LogP contribution in [0.2, 0.25) is 0 Å². The Morgan fingerprint density at radius 3 is 2.76 bits per heavy atom. The van der Waals surface area contributed by atoms with E-state index in [0.29, 0.717) is 26.6 Å². The third-order valence-electron chi connectivity index (χ3n) is 5.40. The summed E-state index contributed by atoms with van der Waals surface area (Å²) < 4.78 is 6.74. The van der Waals surface area contributed by atoms with Crippen LogP contribution in [-0.4, -0.2) is 22.1 Å². The second-order valence-corrected chi connectivity index (χ2v) is 10.8. The van der Waals surface area contributed by atoms with Crippen LogP contribution in [0.4, 0.5) is 10.7 Å². The number of aliphatic imine (C=N–C) groups is 1. The number of hydrogen-bond acceptors (Lipinski definition) is 7. The van der Waals surface area contributed by atoms with E-state index in [0.717, 1.165) is 47.0 Å². The minimum atomic E-state index is -0.117. The maximum absolute atomic E-state index is 13.3. The first-order valence-electron chi connectivity index (χ1n) is 10.9. The first-order chi connectivity index (χ1) is 16.6. The Hall–Kier alpha value is -2.75. The lowest BCUT2D eigenvalue weighted by Crippen LogP contribution is -2.14. The highest BCUT2D eigenvalue weighted by Crippen LogP contribution is 2.40. The van der Waals surface area contributed by atoms with Crippen molar-refractivity contribution in [2.24, 2.45) is 4.99 Å². The number of aryl methyl sites for hydroxylation is 2. The molecule has 1 amide bonds. The van der Waals surface area contributed by atoms with Crippen molar-refractivity contribution in [2.75, 3.05) is 5.32 Å². The van der Waals surface area contributed by atoms with Gasteiger partial charge < -0.3 is 9.73 Å². The quantitative estimate of drug-likeness (QED) is 0.201. The molecule has 34 heavy (non-hydrogen) atoms. The number of aromatic nitrogens is 2. The van der Waals surface area contributed by atoms with Gasteiger partial charge in [-0.15, -0.1) is 11.3 Å². The standard InChI is InChI=1S/C25H21BrN4O2S2/c1-15-7-9-16(10-8-15)30-22(31)21-18-5-2-3-6-20(18)33-23(21)29-14-17-13-19(26)24(32-17)34-25-27-11-4-12-28-25/h4,7-14H,2-3,5-6H2,1H3,(H,30,31). The van der Waals surface area contributed by atoms with Crippen LogP contribution in [0.15, 0.2) is 72.9 Å². The van der Waals surface area contributed by atoms with Gasteiger partial charge in [-0.3, -0.25) is 4.79 Å². The van der Waals surface area contributed by atoms with Crippen molar-refractivity contribution < 1.29 is 9.21 Å². The smallest absolute Gasteiger partial charge is 0.259 e. The van der Waals surface area contributed by atoms with E-state index < -0.39 is 0 Å². The van der Waals surface area contributed by atoms with E-state index in [1.807, 2.05) is 37.3 Å². The molecule has 1 aromatic carbocycles. The molecule has 0 saturated carbocycles. The zero-order valence-electron chi connectivity index (χ0n) is 18.4. The van der Waals surface area contributed by atoms with Crippen LogP contribution in [0.25, 0.3) is 0 Å². The number of carbonyl (C=O) groups excluding carboxylic acids is 1. The van der Waals surface area contributed by atoms with Crippen molar-refractivity contribution in [3.8, 4) is 0 Å². The summed E-state index contributed by atoms with van der Waals surface area (Å²) in [6.45, 7) is 2.03. The Balaban J connectivity index is 1.41. The predicted octanol–water partition coefficient (Wildman–Crippen LogP) is 7.23. The number of anilines is 1. The zero-order valence-corrected chi connectivity index (χ0v) is 21.6. The molecule has 1 aliphatic carbocycles. The molecule has 0 saturated heterocycles. The number of rotatable bonds is 6. The van der Waals surface area contributed by atoms with E-state index in [1.165, 1.54) is 16.6 Å². The summed E-state index contributed by atoms with van der Waals surface area (Å²) in [6, 6.07) is 11.4. The average molecular weight is 554 g/mol. The van der Waals surface area contributed by atoms with Gasteiger partial charge in [-0.05, 0) is 84.1 Å². The Morgan fingerprint density at radius 1 is 1.21 bits per heavy atom. The molecule has 172 valence electrons. The lowest BCUT2D eigenvalue weighted by Gasteiger charge is -2.13. The average Bonchev–Trinajstić information content (AvgIpc) is 3.39. The summed E-state index contributed by atoms with van der Waals surface area (Å²) in [6.07, 6.45) is 9.17. The fraction of sp³-hybridized carbons (Fsp3) is 0.200. The number of benzene rings is 1. The minimum Gasteiger partial charge on any atom is -0.447 e. The summed E-state index contributed by atoms with van der Waals surface area (Å²) in [7, 11) is 0. The van der Waals surface area contributed by atoms with Gasteiger partial charge in [-0.1, -0.05) is 17.7 Å². The van der Waals surface area contributed by atoms with Crippen LogP contribution in [0.5, 0.6) is 0 Å². The first-order valence-corrected chi connectivity index (χ1v) is 13.3. The van der Waals surface area contributed by atoms with Crippen LogP contribution in [0.1, 0.15) is 45.0 Å². The number of nitrogens with one attached hydrogen (secondary N) is 1. The van der Waals surface area contributed by atoms with Crippen molar-refractivity contribution >= 4 is 61.8 Å². The van der Waals surface area contributed by atoms with E-state index >= 15 is 0 Å². The van der Waals surface area contributed by atoms with Gasteiger partial charge in [-0.2, -0.15) is 0 Å². The molecule has 4 aromatic rings. The summed E-state index contributed by atoms with van der Waals surface area (Å²) in [5.74, 6) is 0.468. The maximum Gasteiger partial charge on any atom is 0.259 e. The third-order valence-corrected chi connectivity index (χ3v) is 8.33. The first kappa shape index (κ1) is 23.0. The molecule has 0 radical (unpaired) electrons. The molecule has 0 spiro atoms. The van der Waals surface area contributed by atoms with Crippen molar-refractivity contribution in [3.63, 3.8) is 0 Å². The lowest BCUT2D eigenvalue weighted by atomic mass is 9.95. The van der Waals surface area contributed by atoms with E-state index in [4.69, 9.17) is 9.41 Å². The number of furan rings is 1. The van der Waals surface area contributed by atoms with E-state index in [9.17, 15) is 4.79 Å². The zero-order chi connectivity index (χ0) is 23.5. The molecule has 0 fully saturated rings. The molecule has 1 N–H and O–H groups in total. The largest absolute Gasteiger partial charge is 0.447 e. The molecule has 9 heteroatoms. The molecule has 0 bridgehead atoms. The molecule has 0 aliphatic heterocycles. The molecule has 0 atom stereocenters. The van der Waals surface area contributed by atoms with Gasteiger partial charge in [0.05, 0.1) is 16.3 Å². The van der Waals surface area contributed by atoms with Gasteiger partial charge in [0.2, 0.25) is 0 Å². The molecule has 6 nitrogen and oxygen atoms in total. The summed E-state index contributed by atoms with van der Waals surface area (Å²) >= 11 is 6.46. The predicted molar refractivity (Wildman–Crippen MR) is 140 cm³/mol. The highest BCUT2D eigenvalue weighted by Gasteiger charge is 2.25. The monoisotopic (exact) mass is 552 g/mol. The second-order valence-electron chi connectivity index (χ2n) is 7.89. The lowest BCUT2D eigenvalue weighted by molar-refractivity contribution is 0.102. The van der Waals surface area contributed by atoms with E-state index in [-0.39, 0.29) is 5.91 Å². The molecular weight excluding hydrogens is 532 g/mol. The third kappa shape index (κ3) is 5.16. The maximum atomic E-state index is 13.3. The van der Waals surface area contributed by atoms with Crippen LogP contribution in [0, 0.1) is 6.92 Å². The summed E-state index contributed by atoms with van der Waals surface area (Å²) in [5.41, 5.74) is 3.73. The molecule has 0 unspecified atom stereocenters. The highest BCUT2D eigenvalue weighted by molar-refractivity contribution is 9.10. The number of nitrogens with zero attached hydrogens (tertiary/aromatic N) is 3. The van der Waals surface area contributed by atoms with Gasteiger partial charge >= 0.3 is 0 Å². The van der Waals surface area contributed by atoms with Gasteiger partial charge in [0.1, 0.15) is 10.8 Å². The normalized spacial score (nSPS) is 13.2. The number of amides is 1. The number of carbonyl (C=O) groups is 1. The Morgan fingerprint density at radius 2 is 1.97 bits per heavy atom. The molecule has 3 aromatic heterocycles. The number of fused-ring (bicyclic) bond motifs is 1. The van der Waals surface area contributed by atoms with E-state index in [1.54, 1.807) is 36.0 Å². The van der Waals surface area contributed by atoms with Gasteiger partial charge in [0.15, 0.2) is 10.2 Å². The van der Waals surface area contributed by atoms with Crippen LogP contribution in [0.3, 0.4) is 0 Å². The van der Waals surface area contributed by atoms with Crippen molar-refractivity contribution in [1.82, 2.24) is 9.97 Å². The van der Waals surface area contributed by atoms with Crippen molar-refractivity contribution in [3.05, 3.63) is 80.6 Å². The molecule has 1 aliphatic rings. The Kier molecular flexibility index (Phi) is 6.94.